The highest BCUT2D eigenvalue weighted by atomic mass is 31.1. The molecule has 2 aliphatic heterocycles. The summed E-state index contributed by atoms with van der Waals surface area (Å²) >= 11 is 0. The van der Waals surface area contributed by atoms with Gasteiger partial charge in [-0.3, -0.25) is 0 Å². The van der Waals surface area contributed by atoms with E-state index in [0.29, 0.717) is 0 Å². The van der Waals surface area contributed by atoms with Crippen molar-refractivity contribution in [3.05, 3.63) is 60.7 Å². The minimum Gasteiger partial charge on any atom is -0.409 e. The molecule has 6 heteroatoms. The number of hydrogen-bond donors (Lipinski definition) is 0. The molecule has 2 aliphatic rings. The average Bonchev–Trinajstić information content (AvgIpc) is 3.12. The Bertz CT molecular complexity index is 769. The maximum Gasteiger partial charge on any atom is 0.190 e. The fourth-order valence-electron chi connectivity index (χ4n) is 4.00. The standard InChI is InChI=1S/C23H31O4PSi/c1-23(2)25-21-20(27-29(3,4)5)19(24-22(21)26-23)16-28(17-12-8-6-9-13-17)18-14-10-7-11-15-18/h6-15,19-22H,16H2,1-5H3/t19-,20+,21-,22-/m1/s1. The summed E-state index contributed by atoms with van der Waals surface area (Å²) in [4.78, 5) is 0. The Balaban J connectivity index is 1.62. The Morgan fingerprint density at radius 2 is 1.45 bits per heavy atom. The van der Waals surface area contributed by atoms with E-state index in [1.165, 1.54) is 10.6 Å². The third kappa shape index (κ3) is 4.99. The van der Waals surface area contributed by atoms with Crippen molar-refractivity contribution in [2.45, 2.75) is 63.9 Å². The molecule has 156 valence electrons. The zero-order chi connectivity index (χ0) is 20.6. The van der Waals surface area contributed by atoms with Gasteiger partial charge >= 0.3 is 0 Å². The van der Waals surface area contributed by atoms with E-state index in [4.69, 9.17) is 18.6 Å². The Labute approximate surface area is 176 Å². The third-order valence-corrected chi connectivity index (χ3v) is 8.62. The lowest BCUT2D eigenvalue weighted by atomic mass is 10.1. The van der Waals surface area contributed by atoms with Crippen LogP contribution < -0.4 is 10.6 Å². The summed E-state index contributed by atoms with van der Waals surface area (Å²) in [5.41, 5.74) is 0. The van der Waals surface area contributed by atoms with Crippen LogP contribution in [0.5, 0.6) is 0 Å². The second-order valence-electron chi connectivity index (χ2n) is 9.12. The van der Waals surface area contributed by atoms with Gasteiger partial charge in [-0.1, -0.05) is 60.7 Å². The van der Waals surface area contributed by atoms with Crippen LogP contribution in [0.25, 0.3) is 0 Å². The van der Waals surface area contributed by atoms with Crippen molar-refractivity contribution in [1.82, 2.24) is 0 Å². The van der Waals surface area contributed by atoms with Gasteiger partial charge < -0.3 is 18.6 Å². The van der Waals surface area contributed by atoms with Gasteiger partial charge in [-0.15, -0.1) is 0 Å². The van der Waals surface area contributed by atoms with Crippen molar-refractivity contribution in [2.24, 2.45) is 0 Å². The number of rotatable bonds is 6. The van der Waals surface area contributed by atoms with Crippen LogP contribution in [0.2, 0.25) is 19.6 Å². The first kappa shape index (κ1) is 21.2. The fraction of sp³-hybridized carbons (Fsp3) is 0.478. The molecule has 0 spiro atoms. The Hall–Kier alpha value is -1.07. The van der Waals surface area contributed by atoms with E-state index >= 15 is 0 Å². The van der Waals surface area contributed by atoms with Gasteiger partial charge in [-0.2, -0.15) is 0 Å². The van der Waals surface area contributed by atoms with Crippen molar-refractivity contribution < 1.29 is 18.6 Å². The maximum absolute atomic E-state index is 6.61. The Morgan fingerprint density at radius 1 is 0.897 bits per heavy atom. The molecule has 0 N–H and O–H groups in total. The number of benzene rings is 2. The second-order valence-corrected chi connectivity index (χ2v) is 15.8. The molecule has 0 aliphatic carbocycles. The SMILES string of the molecule is CC1(C)O[C@H]2O[C@H](CP(c3ccccc3)c3ccccc3)[C@H](O[Si](C)(C)C)[C@H]2O1. The van der Waals surface area contributed by atoms with Crippen LogP contribution in [0, 0.1) is 0 Å². The van der Waals surface area contributed by atoms with Crippen LogP contribution in [0.1, 0.15) is 13.8 Å². The zero-order valence-electron chi connectivity index (χ0n) is 17.9. The molecule has 4 nitrogen and oxygen atoms in total. The maximum atomic E-state index is 6.61. The molecule has 2 aromatic carbocycles. The van der Waals surface area contributed by atoms with E-state index in [2.05, 4.69) is 80.3 Å². The largest absolute Gasteiger partial charge is 0.409 e. The van der Waals surface area contributed by atoms with E-state index in [0.717, 1.165) is 6.16 Å². The molecule has 29 heavy (non-hydrogen) atoms. The molecule has 0 saturated carbocycles. The molecule has 0 unspecified atom stereocenters. The van der Waals surface area contributed by atoms with Crippen molar-refractivity contribution >= 4 is 26.8 Å². The first-order chi connectivity index (χ1) is 13.7. The summed E-state index contributed by atoms with van der Waals surface area (Å²) in [6.45, 7) is 10.5. The summed E-state index contributed by atoms with van der Waals surface area (Å²) in [5, 5.41) is 2.70. The van der Waals surface area contributed by atoms with Crippen LogP contribution >= 0.6 is 7.92 Å². The van der Waals surface area contributed by atoms with Crippen LogP contribution in [0.3, 0.4) is 0 Å². The summed E-state index contributed by atoms with van der Waals surface area (Å²) in [6.07, 6.45) is 0.189. The number of fused-ring (bicyclic) bond motifs is 1. The van der Waals surface area contributed by atoms with E-state index in [1.54, 1.807) is 0 Å². The smallest absolute Gasteiger partial charge is 0.190 e. The highest BCUT2D eigenvalue weighted by Gasteiger charge is 2.56. The minimum absolute atomic E-state index is 0.0562. The molecule has 4 atom stereocenters. The van der Waals surface area contributed by atoms with Crippen LogP contribution in [-0.2, 0) is 18.6 Å². The van der Waals surface area contributed by atoms with Crippen LogP contribution in [-0.4, -0.2) is 44.9 Å². The van der Waals surface area contributed by atoms with Gasteiger partial charge in [-0.25, -0.2) is 0 Å². The summed E-state index contributed by atoms with van der Waals surface area (Å²) < 4.78 is 25.3. The zero-order valence-corrected chi connectivity index (χ0v) is 19.8. The first-order valence-corrected chi connectivity index (χ1v) is 15.2. The molecule has 4 rings (SSSR count). The molecule has 2 heterocycles. The van der Waals surface area contributed by atoms with Crippen molar-refractivity contribution in [1.29, 1.82) is 0 Å². The Morgan fingerprint density at radius 3 is 1.97 bits per heavy atom. The molecule has 2 fully saturated rings. The van der Waals surface area contributed by atoms with Gasteiger partial charge in [-0.05, 0) is 52.0 Å². The lowest BCUT2D eigenvalue weighted by Gasteiger charge is -2.32. The van der Waals surface area contributed by atoms with E-state index in [9.17, 15) is 0 Å². The number of ether oxygens (including phenoxy) is 3. The predicted molar refractivity (Wildman–Crippen MR) is 121 cm³/mol. The lowest BCUT2D eigenvalue weighted by Crippen LogP contribution is -2.45. The minimum atomic E-state index is -1.79. The van der Waals surface area contributed by atoms with Crippen molar-refractivity contribution in [3.63, 3.8) is 0 Å². The highest BCUT2D eigenvalue weighted by Crippen LogP contribution is 2.44. The highest BCUT2D eigenvalue weighted by molar-refractivity contribution is 7.73. The topological polar surface area (TPSA) is 36.9 Å². The van der Waals surface area contributed by atoms with Crippen molar-refractivity contribution in [3.8, 4) is 0 Å². The van der Waals surface area contributed by atoms with Gasteiger partial charge in [0, 0.05) is 6.16 Å². The summed E-state index contributed by atoms with van der Waals surface area (Å²) in [5.74, 6) is -0.634. The molecule has 0 bridgehead atoms. The normalized spacial score (nSPS) is 28.6. The summed E-state index contributed by atoms with van der Waals surface area (Å²) in [7, 11) is -2.36. The van der Waals surface area contributed by atoms with E-state index < -0.39 is 22.0 Å². The van der Waals surface area contributed by atoms with Gasteiger partial charge in [0.05, 0.1) is 6.10 Å². The first-order valence-electron chi connectivity index (χ1n) is 10.3. The van der Waals surface area contributed by atoms with Gasteiger partial charge in [0.25, 0.3) is 0 Å². The molecule has 0 aromatic heterocycles. The van der Waals surface area contributed by atoms with Crippen LogP contribution in [0.4, 0.5) is 0 Å². The Kier molecular flexibility index (Phi) is 6.00. The summed E-state index contributed by atoms with van der Waals surface area (Å²) in [6, 6.07) is 21.5. The fourth-order valence-corrected chi connectivity index (χ4v) is 7.54. The molecule has 0 amide bonds. The van der Waals surface area contributed by atoms with E-state index in [-0.39, 0.29) is 24.6 Å². The third-order valence-electron chi connectivity index (χ3n) is 5.08. The van der Waals surface area contributed by atoms with Crippen LogP contribution in [0.15, 0.2) is 60.7 Å². The predicted octanol–water partition coefficient (Wildman–Crippen LogP) is 4.22. The molecular formula is C23H31O4PSi. The van der Waals surface area contributed by atoms with Gasteiger partial charge in [0.1, 0.15) is 12.2 Å². The number of hydrogen-bond acceptors (Lipinski definition) is 4. The van der Waals surface area contributed by atoms with Gasteiger partial charge in [0.15, 0.2) is 20.4 Å². The molecule has 2 aromatic rings. The molecule has 0 radical (unpaired) electrons. The molecular weight excluding hydrogens is 399 g/mol. The lowest BCUT2D eigenvalue weighted by molar-refractivity contribution is -0.210. The van der Waals surface area contributed by atoms with Gasteiger partial charge in [0.2, 0.25) is 0 Å². The second kappa shape index (κ2) is 8.22. The average molecular weight is 431 g/mol. The van der Waals surface area contributed by atoms with Crippen molar-refractivity contribution in [2.75, 3.05) is 6.16 Å². The monoisotopic (exact) mass is 430 g/mol. The van der Waals surface area contributed by atoms with E-state index in [1.807, 2.05) is 13.8 Å². The quantitative estimate of drug-likeness (QED) is 0.508. The molecule has 2 saturated heterocycles.